The fourth-order valence-electron chi connectivity index (χ4n) is 1.75. The second-order valence-corrected chi connectivity index (χ2v) is 6.69. The van der Waals surface area contributed by atoms with E-state index in [4.69, 9.17) is 11.6 Å². The summed E-state index contributed by atoms with van der Waals surface area (Å²) >= 11 is 6.83. The minimum atomic E-state index is -2.83. The van der Waals surface area contributed by atoms with Crippen LogP contribution >= 0.6 is 23.5 Å². The van der Waals surface area contributed by atoms with Gasteiger partial charge in [0, 0.05) is 36.9 Å². The van der Waals surface area contributed by atoms with E-state index in [9.17, 15) is 13.6 Å². The minimum Gasteiger partial charge on any atom is -0.345 e. The number of alkyl halides is 2. The van der Waals surface area contributed by atoms with Gasteiger partial charge in [0.2, 0.25) is 0 Å². The molecule has 0 radical (unpaired) electrons. The van der Waals surface area contributed by atoms with Crippen LogP contribution in [-0.4, -0.2) is 27.4 Å². The lowest BCUT2D eigenvalue weighted by Crippen LogP contribution is -2.36. The third kappa shape index (κ3) is 4.93. The van der Waals surface area contributed by atoms with Crippen LogP contribution in [0.15, 0.2) is 35.5 Å². The Morgan fingerprint density at radius 1 is 1.46 bits per heavy atom. The number of pyridine rings is 1. The monoisotopic (exact) mass is 374 g/mol. The largest absolute Gasteiger partial charge is 0.345 e. The van der Waals surface area contributed by atoms with E-state index in [-0.39, 0.29) is 11.1 Å². The van der Waals surface area contributed by atoms with Gasteiger partial charge in [-0.2, -0.15) is 0 Å². The summed E-state index contributed by atoms with van der Waals surface area (Å²) in [6.07, 6.45) is 3.17. The van der Waals surface area contributed by atoms with Gasteiger partial charge in [-0.25, -0.2) is 13.8 Å². The van der Waals surface area contributed by atoms with Gasteiger partial charge >= 0.3 is 0 Å². The van der Waals surface area contributed by atoms with Crippen molar-refractivity contribution >= 4 is 35.1 Å². The maximum atomic E-state index is 13.1. The van der Waals surface area contributed by atoms with E-state index in [1.165, 1.54) is 19.2 Å². The summed E-state index contributed by atoms with van der Waals surface area (Å²) in [5.41, 5.74) is 0.913. The lowest BCUT2D eigenvalue weighted by Gasteiger charge is -2.19. The highest BCUT2D eigenvalue weighted by Gasteiger charge is 2.30. The Kier molecular flexibility index (Phi) is 5.84. The first-order valence-corrected chi connectivity index (χ1v) is 8.25. The van der Waals surface area contributed by atoms with E-state index in [0.29, 0.717) is 16.3 Å². The topological polar surface area (TPSA) is 59.0 Å². The molecule has 5 nitrogen and oxygen atoms in total. The smallest absolute Gasteiger partial charge is 0.272 e. The average Bonchev–Trinajstić information content (AvgIpc) is 2.85. The molecule has 2 N–H and O–H groups in total. The first kappa shape index (κ1) is 18.7. The zero-order valence-electron chi connectivity index (χ0n) is 13.3. The highest BCUT2D eigenvalue weighted by Crippen LogP contribution is 2.24. The van der Waals surface area contributed by atoms with Crippen molar-refractivity contribution in [1.82, 2.24) is 14.3 Å². The van der Waals surface area contributed by atoms with Gasteiger partial charge in [0.15, 0.2) is 0 Å². The molecule has 9 heteroatoms. The average molecular weight is 375 g/mol. The van der Waals surface area contributed by atoms with Gasteiger partial charge < -0.3 is 9.88 Å². The molecule has 2 aromatic heterocycles. The van der Waals surface area contributed by atoms with Crippen molar-refractivity contribution in [3.63, 3.8) is 0 Å². The van der Waals surface area contributed by atoms with Gasteiger partial charge in [-0.1, -0.05) is 11.6 Å². The molecule has 0 fully saturated rings. The first-order chi connectivity index (χ1) is 11.2. The van der Waals surface area contributed by atoms with Gasteiger partial charge in [-0.15, -0.1) is 0 Å². The zero-order chi connectivity index (χ0) is 17.9. The van der Waals surface area contributed by atoms with E-state index in [2.05, 4.69) is 15.0 Å². The van der Waals surface area contributed by atoms with Gasteiger partial charge in [-0.3, -0.25) is 9.52 Å². The van der Waals surface area contributed by atoms with E-state index in [1.54, 1.807) is 29.9 Å². The lowest BCUT2D eigenvalue weighted by atomic mass is 10.2. The third-order valence-corrected chi connectivity index (χ3v) is 4.45. The Balaban J connectivity index is 2.04. The van der Waals surface area contributed by atoms with Crippen LogP contribution in [0.4, 0.5) is 14.5 Å². The van der Waals surface area contributed by atoms with Crippen LogP contribution in [-0.2, 0) is 7.05 Å². The van der Waals surface area contributed by atoms with Crippen LogP contribution in [0.2, 0.25) is 5.15 Å². The van der Waals surface area contributed by atoms with Crippen molar-refractivity contribution < 1.29 is 13.6 Å². The number of nitrogens with one attached hydrogen (secondary N) is 2. The van der Waals surface area contributed by atoms with Crippen molar-refractivity contribution in [3.05, 3.63) is 41.4 Å². The van der Waals surface area contributed by atoms with E-state index in [0.717, 1.165) is 18.9 Å². The third-order valence-electron chi connectivity index (χ3n) is 3.31. The Bertz CT molecular complexity index is 733. The number of anilines is 1. The molecule has 0 saturated carbocycles. The molecule has 2 rings (SSSR count). The Morgan fingerprint density at radius 3 is 2.79 bits per heavy atom. The van der Waals surface area contributed by atoms with E-state index >= 15 is 0 Å². The second-order valence-electron chi connectivity index (χ2n) is 5.39. The molecule has 0 aliphatic heterocycles. The molecule has 130 valence electrons. The summed E-state index contributed by atoms with van der Waals surface area (Å²) in [6, 6.07) is 3.77. The van der Waals surface area contributed by atoms with Crippen LogP contribution in [0.25, 0.3) is 0 Å². The molecule has 0 aromatic carbocycles. The predicted octanol–water partition coefficient (Wildman–Crippen LogP) is 3.97. The molecule has 0 aliphatic carbocycles. The second kappa shape index (κ2) is 7.50. The SMILES string of the molecule is C[C@@H](NSc1cc(C(=O)Nc2ccnc(Cl)c2)n(C)c1)C(C)(F)F. The van der Waals surface area contributed by atoms with Crippen LogP contribution in [0.5, 0.6) is 0 Å². The number of amides is 1. The van der Waals surface area contributed by atoms with Crippen LogP contribution < -0.4 is 10.0 Å². The normalized spacial score (nSPS) is 12.9. The summed E-state index contributed by atoms with van der Waals surface area (Å²) in [5.74, 6) is -3.16. The first-order valence-electron chi connectivity index (χ1n) is 7.06. The maximum absolute atomic E-state index is 13.1. The molecule has 0 unspecified atom stereocenters. The molecule has 1 atom stereocenters. The van der Waals surface area contributed by atoms with Crippen molar-refractivity contribution in [2.24, 2.45) is 7.05 Å². The molecule has 0 bridgehead atoms. The number of hydrogen-bond donors (Lipinski definition) is 2. The highest BCUT2D eigenvalue weighted by molar-refractivity contribution is 7.97. The van der Waals surface area contributed by atoms with E-state index in [1.807, 2.05) is 0 Å². The van der Waals surface area contributed by atoms with Crippen LogP contribution in [0.1, 0.15) is 24.3 Å². The number of aryl methyl sites for hydroxylation is 1. The molecule has 2 heterocycles. The number of carbonyl (C=O) groups is 1. The summed E-state index contributed by atoms with van der Waals surface area (Å²) < 4.78 is 30.6. The zero-order valence-corrected chi connectivity index (χ0v) is 14.9. The number of rotatable bonds is 6. The van der Waals surface area contributed by atoms with Gasteiger partial charge in [-0.05, 0) is 37.1 Å². The minimum absolute atomic E-state index is 0.273. The maximum Gasteiger partial charge on any atom is 0.272 e. The Labute approximate surface area is 147 Å². The number of halogens is 3. The van der Waals surface area contributed by atoms with Crippen molar-refractivity contribution in [2.75, 3.05) is 5.32 Å². The molecule has 0 saturated heterocycles. The van der Waals surface area contributed by atoms with E-state index < -0.39 is 12.0 Å². The molecule has 2 aromatic rings. The van der Waals surface area contributed by atoms with Crippen molar-refractivity contribution in [2.45, 2.75) is 30.7 Å². The summed E-state index contributed by atoms with van der Waals surface area (Å²) in [7, 11) is 1.70. The molecular formula is C15H17ClF2N4OS. The highest BCUT2D eigenvalue weighted by atomic mass is 35.5. The quantitative estimate of drug-likeness (QED) is 0.593. The fraction of sp³-hybridized carbons (Fsp3) is 0.333. The van der Waals surface area contributed by atoms with Crippen LogP contribution in [0, 0.1) is 0 Å². The number of nitrogens with zero attached hydrogens (tertiary/aromatic N) is 2. The van der Waals surface area contributed by atoms with Gasteiger partial charge in [0.05, 0.1) is 6.04 Å². The summed E-state index contributed by atoms with van der Waals surface area (Å²) in [6.45, 7) is 2.26. The number of aromatic nitrogens is 2. The number of hydrogen-bond acceptors (Lipinski definition) is 4. The van der Waals surface area contributed by atoms with Gasteiger partial charge in [0.1, 0.15) is 10.8 Å². The molecule has 1 amide bonds. The lowest BCUT2D eigenvalue weighted by molar-refractivity contribution is -0.00398. The molecule has 0 spiro atoms. The predicted molar refractivity (Wildman–Crippen MR) is 91.7 cm³/mol. The molecular weight excluding hydrogens is 358 g/mol. The summed E-state index contributed by atoms with van der Waals surface area (Å²) in [4.78, 5) is 16.8. The fourth-order valence-corrected chi connectivity index (χ4v) is 2.83. The molecule has 24 heavy (non-hydrogen) atoms. The van der Waals surface area contributed by atoms with Crippen molar-refractivity contribution in [1.29, 1.82) is 0 Å². The standard InChI is InChI=1S/C15H17ClF2N4OS/c1-9(15(2,17)18)21-24-11-7-12(22(3)8-11)14(23)20-10-4-5-19-13(16)6-10/h4-9,21H,1-3H3,(H,19,20,23)/t9-/m1/s1. The Hall–Kier alpha value is -1.64. The van der Waals surface area contributed by atoms with Crippen molar-refractivity contribution in [3.8, 4) is 0 Å². The number of carbonyl (C=O) groups excluding carboxylic acids is 1. The van der Waals surface area contributed by atoms with Gasteiger partial charge in [0.25, 0.3) is 11.8 Å². The Morgan fingerprint density at radius 2 is 2.17 bits per heavy atom. The van der Waals surface area contributed by atoms with Crippen LogP contribution in [0.3, 0.4) is 0 Å². The summed E-state index contributed by atoms with van der Waals surface area (Å²) in [5, 5.41) is 2.98. The molecule has 0 aliphatic rings.